The molecule has 0 radical (unpaired) electrons. The summed E-state index contributed by atoms with van der Waals surface area (Å²) in [4.78, 5) is 5.41. The number of rotatable bonds is 2. The highest BCUT2D eigenvalue weighted by atomic mass is 15.2. The van der Waals surface area contributed by atoms with Crippen LogP contribution < -0.4 is 9.80 Å². The third-order valence-electron chi connectivity index (χ3n) is 9.91. The van der Waals surface area contributed by atoms with Gasteiger partial charge in [-0.2, -0.15) is 0 Å². The summed E-state index contributed by atoms with van der Waals surface area (Å²) in [6, 6.07) is 29.3. The second kappa shape index (κ2) is 8.50. The molecule has 4 aliphatic rings. The molecule has 2 nitrogen and oxygen atoms in total. The van der Waals surface area contributed by atoms with E-state index in [2.05, 4.69) is 103 Å². The van der Waals surface area contributed by atoms with Crippen LogP contribution in [0.4, 0.5) is 17.1 Å². The highest BCUT2D eigenvalue weighted by molar-refractivity contribution is 6.03. The molecule has 2 heterocycles. The van der Waals surface area contributed by atoms with Gasteiger partial charge in [-0.3, -0.25) is 0 Å². The second-order valence-corrected chi connectivity index (χ2v) is 12.0. The Morgan fingerprint density at radius 3 is 2.21 bits per heavy atom. The zero-order chi connectivity index (χ0) is 25.4. The SMILES string of the molecule is CC1CCc2ccccc2N1c1ccc2ccc3c4c2c1CCC4=CCC3N1c2ccccc2CCC1C. The first kappa shape index (κ1) is 22.5. The summed E-state index contributed by atoms with van der Waals surface area (Å²) in [6.07, 6.45) is 10.8. The van der Waals surface area contributed by atoms with Crippen LogP contribution in [-0.2, 0) is 19.3 Å². The molecule has 0 aromatic heterocycles. The number of hydrogen-bond acceptors (Lipinski definition) is 2. The van der Waals surface area contributed by atoms with Gasteiger partial charge in [0.05, 0.1) is 6.04 Å². The number of allylic oxidation sites excluding steroid dienone is 1. The van der Waals surface area contributed by atoms with Crippen LogP contribution in [0.3, 0.4) is 0 Å². The normalized spacial score (nSPS) is 23.6. The number of para-hydroxylation sites is 2. The van der Waals surface area contributed by atoms with Crippen LogP contribution >= 0.6 is 0 Å². The van der Waals surface area contributed by atoms with Crippen molar-refractivity contribution in [3.63, 3.8) is 0 Å². The van der Waals surface area contributed by atoms with Gasteiger partial charge in [-0.1, -0.05) is 60.7 Å². The van der Waals surface area contributed by atoms with Gasteiger partial charge < -0.3 is 9.80 Å². The maximum Gasteiger partial charge on any atom is 0.0586 e. The Hall–Kier alpha value is -3.52. The van der Waals surface area contributed by atoms with Crippen molar-refractivity contribution in [2.45, 2.75) is 76.9 Å². The summed E-state index contributed by atoms with van der Waals surface area (Å²) < 4.78 is 0. The molecule has 2 heteroatoms. The quantitative estimate of drug-likeness (QED) is 0.273. The molecule has 38 heavy (non-hydrogen) atoms. The molecular weight excluding hydrogens is 460 g/mol. The number of benzene rings is 4. The summed E-state index contributed by atoms with van der Waals surface area (Å²) >= 11 is 0. The fourth-order valence-electron chi connectivity index (χ4n) is 8.08. The smallest absolute Gasteiger partial charge is 0.0586 e. The molecule has 0 bridgehead atoms. The van der Waals surface area contributed by atoms with E-state index in [0.717, 1.165) is 19.3 Å². The van der Waals surface area contributed by atoms with Gasteiger partial charge in [0.2, 0.25) is 0 Å². The predicted molar refractivity (Wildman–Crippen MR) is 161 cm³/mol. The van der Waals surface area contributed by atoms with Crippen molar-refractivity contribution in [1.29, 1.82) is 0 Å². The Labute approximate surface area is 226 Å². The lowest BCUT2D eigenvalue weighted by Gasteiger charge is -2.45. The van der Waals surface area contributed by atoms with Gasteiger partial charge in [-0.25, -0.2) is 0 Å². The second-order valence-electron chi connectivity index (χ2n) is 12.0. The van der Waals surface area contributed by atoms with E-state index in [1.165, 1.54) is 64.6 Å². The average Bonchev–Trinajstić information content (AvgIpc) is 2.96. The Kier molecular flexibility index (Phi) is 5.02. The standard InChI is InChI=1S/C36H36N2/c1-23-11-13-25-7-3-5-9-31(25)37(23)33-21-17-27-16-20-30-34(22-18-28-15-19-29(33)35(27)36(28)30)38-24(2)12-14-26-8-4-6-10-32(26)38/h3-10,15,17-19,22-24,33H,11-14,16,20-21H2,1-2H3. The molecule has 2 aliphatic heterocycles. The number of anilines is 3. The molecule has 4 aromatic carbocycles. The Bertz CT molecular complexity index is 1610. The third-order valence-corrected chi connectivity index (χ3v) is 9.91. The van der Waals surface area contributed by atoms with Crippen LogP contribution in [0.25, 0.3) is 16.3 Å². The van der Waals surface area contributed by atoms with Gasteiger partial charge in [0, 0.05) is 29.1 Å². The summed E-state index contributed by atoms with van der Waals surface area (Å²) in [7, 11) is 0. The van der Waals surface area contributed by atoms with E-state index < -0.39 is 0 Å². The fourth-order valence-corrected chi connectivity index (χ4v) is 8.08. The van der Waals surface area contributed by atoms with Crippen LogP contribution in [0, 0.1) is 0 Å². The molecule has 0 spiro atoms. The van der Waals surface area contributed by atoms with Gasteiger partial charge in [-0.05, 0) is 121 Å². The molecule has 0 amide bonds. The minimum atomic E-state index is 0.402. The van der Waals surface area contributed by atoms with Crippen molar-refractivity contribution in [1.82, 2.24) is 0 Å². The number of fused-ring (bicyclic) bond motifs is 2. The maximum atomic E-state index is 2.75. The average molecular weight is 497 g/mol. The summed E-state index contributed by atoms with van der Waals surface area (Å²) in [6.45, 7) is 4.84. The van der Waals surface area contributed by atoms with Crippen LogP contribution in [0.15, 0.2) is 78.9 Å². The monoisotopic (exact) mass is 496 g/mol. The molecule has 4 aromatic rings. The fraction of sp³-hybridized carbons (Fsp3) is 0.333. The van der Waals surface area contributed by atoms with E-state index in [4.69, 9.17) is 0 Å². The van der Waals surface area contributed by atoms with Crippen molar-refractivity contribution in [3.05, 3.63) is 107 Å². The van der Waals surface area contributed by atoms with E-state index in [1.54, 1.807) is 22.3 Å². The minimum absolute atomic E-state index is 0.402. The maximum absolute atomic E-state index is 2.75. The molecule has 3 atom stereocenters. The first-order valence-electron chi connectivity index (χ1n) is 14.7. The van der Waals surface area contributed by atoms with E-state index in [1.807, 2.05) is 0 Å². The van der Waals surface area contributed by atoms with E-state index in [0.29, 0.717) is 18.1 Å². The van der Waals surface area contributed by atoms with Crippen LogP contribution in [0.5, 0.6) is 0 Å². The van der Waals surface area contributed by atoms with Crippen molar-refractivity contribution in [2.75, 3.05) is 9.80 Å². The summed E-state index contributed by atoms with van der Waals surface area (Å²) in [5.74, 6) is 0. The third kappa shape index (κ3) is 3.19. The molecule has 0 N–H and O–H groups in total. The molecule has 2 aliphatic carbocycles. The zero-order valence-electron chi connectivity index (χ0n) is 22.6. The van der Waals surface area contributed by atoms with E-state index in [-0.39, 0.29) is 0 Å². The number of aryl methyl sites for hydroxylation is 3. The van der Waals surface area contributed by atoms with Crippen molar-refractivity contribution >= 4 is 33.4 Å². The van der Waals surface area contributed by atoms with Crippen molar-refractivity contribution < 1.29 is 0 Å². The number of nitrogens with zero attached hydrogens (tertiary/aromatic N) is 2. The molecule has 0 saturated heterocycles. The topological polar surface area (TPSA) is 6.48 Å². The van der Waals surface area contributed by atoms with Gasteiger partial charge in [0.25, 0.3) is 0 Å². The first-order valence-corrected chi connectivity index (χ1v) is 14.7. The van der Waals surface area contributed by atoms with Gasteiger partial charge in [0.15, 0.2) is 0 Å². The molecule has 3 unspecified atom stereocenters. The molecule has 0 fully saturated rings. The van der Waals surface area contributed by atoms with Crippen LogP contribution in [-0.4, -0.2) is 12.1 Å². The number of hydrogen-bond donors (Lipinski definition) is 0. The molecular formula is C36H36N2. The van der Waals surface area contributed by atoms with Gasteiger partial charge in [0.1, 0.15) is 0 Å². The van der Waals surface area contributed by atoms with Crippen LogP contribution in [0.1, 0.15) is 73.4 Å². The highest BCUT2D eigenvalue weighted by Crippen LogP contribution is 2.51. The minimum Gasteiger partial charge on any atom is -0.361 e. The summed E-state index contributed by atoms with van der Waals surface area (Å²) in [5.41, 5.74) is 13.5. The van der Waals surface area contributed by atoms with Gasteiger partial charge in [-0.15, -0.1) is 0 Å². The zero-order valence-corrected chi connectivity index (χ0v) is 22.6. The molecule has 0 saturated carbocycles. The van der Waals surface area contributed by atoms with Gasteiger partial charge >= 0.3 is 0 Å². The van der Waals surface area contributed by atoms with Crippen molar-refractivity contribution in [2.24, 2.45) is 0 Å². The first-order chi connectivity index (χ1) is 18.7. The Balaban J connectivity index is 1.33. The lowest BCUT2D eigenvalue weighted by atomic mass is 9.75. The molecule has 190 valence electrons. The van der Waals surface area contributed by atoms with Crippen LogP contribution in [0.2, 0.25) is 0 Å². The Morgan fingerprint density at radius 1 is 0.658 bits per heavy atom. The highest BCUT2D eigenvalue weighted by Gasteiger charge is 2.36. The lowest BCUT2D eigenvalue weighted by molar-refractivity contribution is 0.492. The van der Waals surface area contributed by atoms with Crippen molar-refractivity contribution in [3.8, 4) is 0 Å². The van der Waals surface area contributed by atoms with E-state index in [9.17, 15) is 0 Å². The summed E-state index contributed by atoms with van der Waals surface area (Å²) in [5, 5.41) is 2.93. The lowest BCUT2D eigenvalue weighted by Crippen LogP contribution is -2.41. The Morgan fingerprint density at radius 2 is 1.37 bits per heavy atom. The molecule has 8 rings (SSSR count). The predicted octanol–water partition coefficient (Wildman–Crippen LogP) is 8.93. The van der Waals surface area contributed by atoms with E-state index >= 15 is 0 Å². The largest absolute Gasteiger partial charge is 0.361 e.